The quantitative estimate of drug-likeness (QED) is 0.562. The lowest BCUT2D eigenvalue weighted by molar-refractivity contribution is -0.134. The summed E-state index contributed by atoms with van der Waals surface area (Å²) in [7, 11) is 1.66. The van der Waals surface area contributed by atoms with Crippen LogP contribution in [0.4, 0.5) is 5.69 Å². The van der Waals surface area contributed by atoms with Gasteiger partial charge >= 0.3 is 0 Å². The van der Waals surface area contributed by atoms with Crippen LogP contribution < -0.4 is 5.32 Å². The average Bonchev–Trinajstić information content (AvgIpc) is 3.39. The molecule has 2 aromatic heterocycles. The molecule has 3 aromatic rings. The maximum Gasteiger partial charge on any atom is 0.243 e. The van der Waals surface area contributed by atoms with Gasteiger partial charge in [0.05, 0.1) is 25.9 Å². The fraction of sp³-hybridized carbons (Fsp3) is 0.304. The summed E-state index contributed by atoms with van der Waals surface area (Å²) in [5, 5.41) is 4.95. The van der Waals surface area contributed by atoms with Crippen molar-refractivity contribution >= 4 is 28.8 Å². The van der Waals surface area contributed by atoms with E-state index >= 15 is 0 Å². The van der Waals surface area contributed by atoms with E-state index in [1.165, 1.54) is 9.78 Å². The topological polar surface area (TPSA) is 65.8 Å². The van der Waals surface area contributed by atoms with Crippen LogP contribution in [0.5, 0.6) is 0 Å². The number of thiophene rings is 1. The minimum Gasteiger partial charge on any atom is -0.468 e. The molecule has 2 heterocycles. The van der Waals surface area contributed by atoms with Gasteiger partial charge in [0.15, 0.2) is 0 Å². The van der Waals surface area contributed by atoms with Crippen LogP contribution in [0.25, 0.3) is 0 Å². The second-order valence-corrected chi connectivity index (χ2v) is 8.40. The number of para-hydroxylation sites is 1. The van der Waals surface area contributed by atoms with Gasteiger partial charge < -0.3 is 14.6 Å². The number of rotatable bonds is 9. The van der Waals surface area contributed by atoms with E-state index in [4.69, 9.17) is 4.42 Å². The monoisotopic (exact) mass is 425 g/mol. The van der Waals surface area contributed by atoms with Crippen LogP contribution in [0.2, 0.25) is 0 Å². The summed E-state index contributed by atoms with van der Waals surface area (Å²) in [5.41, 5.74) is 2.80. The minimum absolute atomic E-state index is 0.000200. The van der Waals surface area contributed by atoms with Crippen molar-refractivity contribution in [1.29, 1.82) is 0 Å². The fourth-order valence-corrected chi connectivity index (χ4v) is 3.97. The average molecular weight is 426 g/mol. The molecule has 0 aliphatic heterocycles. The van der Waals surface area contributed by atoms with E-state index in [1.54, 1.807) is 24.6 Å². The van der Waals surface area contributed by atoms with Crippen molar-refractivity contribution in [2.75, 3.05) is 25.5 Å². The number of likely N-dealkylation sites (N-methyl/N-ethyl adjacent to an activating group) is 1. The molecule has 2 amide bonds. The summed E-state index contributed by atoms with van der Waals surface area (Å²) in [6, 6.07) is 13.6. The normalized spacial score (nSPS) is 10.9. The smallest absolute Gasteiger partial charge is 0.243 e. The van der Waals surface area contributed by atoms with E-state index < -0.39 is 0 Å². The zero-order valence-electron chi connectivity index (χ0n) is 17.6. The number of carbonyl (C=O) groups excluding carboxylic acids is 2. The van der Waals surface area contributed by atoms with Gasteiger partial charge in [0, 0.05) is 24.2 Å². The first-order chi connectivity index (χ1) is 14.4. The minimum atomic E-state index is -0.209. The zero-order valence-corrected chi connectivity index (χ0v) is 18.4. The molecule has 7 heteroatoms. The molecule has 1 N–H and O–H groups in total. The maximum absolute atomic E-state index is 12.8. The molecule has 0 atom stereocenters. The first kappa shape index (κ1) is 21.8. The van der Waals surface area contributed by atoms with Crippen LogP contribution in [-0.4, -0.2) is 41.8 Å². The van der Waals surface area contributed by atoms with Gasteiger partial charge in [0.2, 0.25) is 11.8 Å². The summed E-state index contributed by atoms with van der Waals surface area (Å²) < 4.78 is 5.45. The van der Waals surface area contributed by atoms with Gasteiger partial charge in [-0.1, -0.05) is 24.3 Å². The number of amides is 2. The van der Waals surface area contributed by atoms with Crippen molar-refractivity contribution in [3.05, 3.63) is 75.9 Å². The van der Waals surface area contributed by atoms with E-state index in [9.17, 15) is 9.59 Å². The second kappa shape index (κ2) is 10.2. The molecule has 1 aromatic carbocycles. The van der Waals surface area contributed by atoms with E-state index in [0.29, 0.717) is 13.1 Å². The number of benzene rings is 1. The van der Waals surface area contributed by atoms with Crippen LogP contribution in [0.3, 0.4) is 0 Å². The van der Waals surface area contributed by atoms with E-state index in [-0.39, 0.29) is 24.9 Å². The van der Waals surface area contributed by atoms with Gasteiger partial charge in [-0.25, -0.2) is 0 Å². The molecule has 0 aliphatic rings. The predicted molar refractivity (Wildman–Crippen MR) is 119 cm³/mol. The summed E-state index contributed by atoms with van der Waals surface area (Å²) in [6.07, 6.45) is 1.63. The van der Waals surface area contributed by atoms with Gasteiger partial charge in [0.1, 0.15) is 5.76 Å². The lowest BCUT2D eigenvalue weighted by Gasteiger charge is -2.24. The lowest BCUT2D eigenvalue weighted by atomic mass is 10.1. The summed E-state index contributed by atoms with van der Waals surface area (Å²) in [4.78, 5) is 30.0. The zero-order chi connectivity index (χ0) is 21.5. The Hall–Kier alpha value is -2.90. The number of hydrogen-bond acceptors (Lipinski definition) is 5. The van der Waals surface area contributed by atoms with Crippen molar-refractivity contribution < 1.29 is 14.0 Å². The Morgan fingerprint density at radius 1 is 1.00 bits per heavy atom. The van der Waals surface area contributed by atoms with E-state index in [0.717, 1.165) is 22.6 Å². The van der Waals surface area contributed by atoms with Gasteiger partial charge in [-0.15, -0.1) is 11.3 Å². The number of nitrogens with zero attached hydrogens (tertiary/aromatic N) is 2. The third-order valence-corrected chi connectivity index (χ3v) is 5.69. The van der Waals surface area contributed by atoms with Crippen LogP contribution in [-0.2, 0) is 22.7 Å². The van der Waals surface area contributed by atoms with Crippen molar-refractivity contribution in [2.45, 2.75) is 26.9 Å². The highest BCUT2D eigenvalue weighted by Crippen LogP contribution is 2.19. The fourth-order valence-electron chi connectivity index (χ4n) is 3.22. The van der Waals surface area contributed by atoms with Crippen LogP contribution >= 0.6 is 11.3 Å². The third-order valence-electron chi connectivity index (χ3n) is 4.83. The third kappa shape index (κ3) is 6.05. The number of anilines is 1. The van der Waals surface area contributed by atoms with Crippen molar-refractivity contribution in [1.82, 2.24) is 9.80 Å². The van der Waals surface area contributed by atoms with Gasteiger partial charge in [-0.3, -0.25) is 14.5 Å². The van der Waals surface area contributed by atoms with Crippen molar-refractivity contribution in [3.8, 4) is 0 Å². The standard InChI is InChI=1S/C23H27N3O3S/c1-17-7-4-8-18(2)23(17)24-21(27)15-25(3)22(28)16-26(13-19-9-5-11-29-19)14-20-10-6-12-30-20/h4-12H,13-16H2,1-3H3,(H,24,27). The molecule has 158 valence electrons. The van der Waals surface area contributed by atoms with Gasteiger partial charge in [0.25, 0.3) is 0 Å². The first-order valence-corrected chi connectivity index (χ1v) is 10.7. The molecule has 0 saturated carbocycles. The molecular weight excluding hydrogens is 398 g/mol. The Morgan fingerprint density at radius 3 is 2.40 bits per heavy atom. The molecule has 0 aliphatic carbocycles. The number of aryl methyl sites for hydroxylation is 2. The molecule has 0 radical (unpaired) electrons. The Balaban J connectivity index is 1.59. The number of nitrogens with one attached hydrogen (secondary N) is 1. The molecule has 0 saturated heterocycles. The van der Waals surface area contributed by atoms with Gasteiger partial charge in [-0.05, 0) is 48.6 Å². The molecule has 0 fully saturated rings. The molecule has 6 nitrogen and oxygen atoms in total. The number of carbonyl (C=O) groups is 2. The van der Waals surface area contributed by atoms with Crippen molar-refractivity contribution in [3.63, 3.8) is 0 Å². The molecule has 0 unspecified atom stereocenters. The van der Waals surface area contributed by atoms with Crippen LogP contribution in [0.1, 0.15) is 21.8 Å². The molecule has 0 bridgehead atoms. The summed E-state index contributed by atoms with van der Waals surface area (Å²) in [6.45, 7) is 5.28. The second-order valence-electron chi connectivity index (χ2n) is 7.37. The van der Waals surface area contributed by atoms with Crippen molar-refractivity contribution in [2.24, 2.45) is 0 Å². The van der Waals surface area contributed by atoms with Crippen LogP contribution in [0.15, 0.2) is 58.5 Å². The summed E-state index contributed by atoms with van der Waals surface area (Å²) >= 11 is 1.65. The summed E-state index contributed by atoms with van der Waals surface area (Å²) in [5.74, 6) is 0.476. The Morgan fingerprint density at radius 2 is 1.77 bits per heavy atom. The Labute approximate surface area is 181 Å². The Kier molecular flexibility index (Phi) is 7.43. The van der Waals surface area contributed by atoms with E-state index in [2.05, 4.69) is 5.32 Å². The highest BCUT2D eigenvalue weighted by atomic mass is 32.1. The highest BCUT2D eigenvalue weighted by Gasteiger charge is 2.19. The van der Waals surface area contributed by atoms with Crippen LogP contribution in [0, 0.1) is 13.8 Å². The van der Waals surface area contributed by atoms with E-state index in [1.807, 2.05) is 66.6 Å². The molecule has 30 heavy (non-hydrogen) atoms. The predicted octanol–water partition coefficient (Wildman–Crippen LogP) is 4.06. The largest absolute Gasteiger partial charge is 0.468 e. The first-order valence-electron chi connectivity index (χ1n) is 9.79. The molecule has 0 spiro atoms. The number of furan rings is 1. The SMILES string of the molecule is Cc1cccc(C)c1NC(=O)CN(C)C(=O)CN(Cc1ccco1)Cc1cccs1. The molecule has 3 rings (SSSR count). The lowest BCUT2D eigenvalue weighted by Crippen LogP contribution is -2.41. The maximum atomic E-state index is 12.8. The number of hydrogen-bond donors (Lipinski definition) is 1. The molecular formula is C23H27N3O3S. The van der Waals surface area contributed by atoms with Gasteiger partial charge in [-0.2, -0.15) is 0 Å². The Bertz CT molecular complexity index is 911. The highest BCUT2D eigenvalue weighted by molar-refractivity contribution is 7.09.